The van der Waals surface area contributed by atoms with Crippen molar-refractivity contribution in [2.24, 2.45) is 5.73 Å². The van der Waals surface area contributed by atoms with Gasteiger partial charge >= 0.3 is 0 Å². The molecule has 1 rings (SSSR count). The summed E-state index contributed by atoms with van der Waals surface area (Å²) in [5, 5.41) is 0. The minimum Gasteiger partial charge on any atom is -0.329 e. The molecule has 1 saturated heterocycles. The van der Waals surface area contributed by atoms with Crippen LogP contribution in [0.5, 0.6) is 0 Å². The van der Waals surface area contributed by atoms with Gasteiger partial charge in [0.15, 0.2) is 0 Å². The van der Waals surface area contributed by atoms with Crippen LogP contribution in [0.2, 0.25) is 0 Å². The topological polar surface area (TPSA) is 32.5 Å². The van der Waals surface area contributed by atoms with E-state index in [2.05, 4.69) is 30.7 Å². The van der Waals surface area contributed by atoms with Gasteiger partial charge in [0.05, 0.1) is 0 Å². The van der Waals surface area contributed by atoms with E-state index in [-0.39, 0.29) is 0 Å². The Labute approximate surface area is 101 Å². The Morgan fingerprint density at radius 3 is 2.00 bits per heavy atom. The molecule has 0 aromatic heterocycles. The second-order valence-corrected chi connectivity index (χ2v) is 5.22. The predicted molar refractivity (Wildman–Crippen MR) is 70.7 cm³/mol. The monoisotopic (exact) mass is 227 g/mol. The van der Waals surface area contributed by atoms with Crippen molar-refractivity contribution < 1.29 is 0 Å². The van der Waals surface area contributed by atoms with Crippen molar-refractivity contribution in [1.82, 2.24) is 9.80 Å². The fraction of sp³-hybridized carbons (Fsp3) is 1.00. The van der Waals surface area contributed by atoms with E-state index < -0.39 is 0 Å². The highest BCUT2D eigenvalue weighted by Gasteiger charge is 2.36. The molecule has 0 amide bonds. The number of piperidine rings is 1. The van der Waals surface area contributed by atoms with Crippen LogP contribution < -0.4 is 5.73 Å². The third kappa shape index (κ3) is 3.19. The van der Waals surface area contributed by atoms with Crippen molar-refractivity contribution in [1.29, 1.82) is 0 Å². The standard InChI is InChI=1S/C13H29N3/c1-4-8-16(9-5-2)13(12-14)6-10-15(3)11-7-13/h4-12,14H2,1-3H3. The van der Waals surface area contributed by atoms with Gasteiger partial charge in [-0.05, 0) is 58.9 Å². The SMILES string of the molecule is CCCN(CCC)C1(CN)CCN(C)CC1. The second kappa shape index (κ2) is 6.58. The van der Waals surface area contributed by atoms with E-state index in [9.17, 15) is 0 Å². The van der Waals surface area contributed by atoms with Crippen molar-refractivity contribution in [3.63, 3.8) is 0 Å². The molecule has 16 heavy (non-hydrogen) atoms. The number of likely N-dealkylation sites (tertiary alicyclic amines) is 1. The van der Waals surface area contributed by atoms with Crippen LogP contribution in [0.15, 0.2) is 0 Å². The number of hydrogen-bond acceptors (Lipinski definition) is 3. The quantitative estimate of drug-likeness (QED) is 0.747. The zero-order valence-electron chi connectivity index (χ0n) is 11.3. The number of rotatable bonds is 6. The van der Waals surface area contributed by atoms with Crippen LogP contribution in [0.1, 0.15) is 39.5 Å². The van der Waals surface area contributed by atoms with Crippen molar-refractivity contribution in [3.8, 4) is 0 Å². The van der Waals surface area contributed by atoms with Gasteiger partial charge in [-0.3, -0.25) is 4.90 Å². The third-order valence-corrected chi connectivity index (χ3v) is 3.96. The molecule has 0 radical (unpaired) electrons. The van der Waals surface area contributed by atoms with Gasteiger partial charge in [-0.25, -0.2) is 0 Å². The Bertz CT molecular complexity index is 180. The second-order valence-electron chi connectivity index (χ2n) is 5.22. The van der Waals surface area contributed by atoms with Crippen LogP contribution in [0, 0.1) is 0 Å². The summed E-state index contributed by atoms with van der Waals surface area (Å²) >= 11 is 0. The molecular weight excluding hydrogens is 198 g/mol. The summed E-state index contributed by atoms with van der Waals surface area (Å²) in [6.07, 6.45) is 4.94. The van der Waals surface area contributed by atoms with Gasteiger partial charge in [0.25, 0.3) is 0 Å². The molecule has 0 unspecified atom stereocenters. The average molecular weight is 227 g/mol. The molecule has 3 nitrogen and oxygen atoms in total. The molecule has 1 aliphatic rings. The van der Waals surface area contributed by atoms with E-state index in [4.69, 9.17) is 5.73 Å². The molecule has 0 aromatic rings. The Morgan fingerprint density at radius 1 is 1.12 bits per heavy atom. The van der Waals surface area contributed by atoms with E-state index in [1.54, 1.807) is 0 Å². The summed E-state index contributed by atoms with van der Waals surface area (Å²) in [6, 6.07) is 0. The van der Waals surface area contributed by atoms with Gasteiger partial charge in [-0.2, -0.15) is 0 Å². The number of nitrogens with two attached hydrogens (primary N) is 1. The fourth-order valence-corrected chi connectivity index (χ4v) is 2.81. The highest BCUT2D eigenvalue weighted by atomic mass is 15.2. The molecule has 0 aromatic carbocycles. The van der Waals surface area contributed by atoms with Crippen molar-refractivity contribution in [2.75, 3.05) is 39.8 Å². The summed E-state index contributed by atoms with van der Waals surface area (Å²) < 4.78 is 0. The van der Waals surface area contributed by atoms with Gasteiger partial charge in [0, 0.05) is 12.1 Å². The summed E-state index contributed by atoms with van der Waals surface area (Å²) in [4.78, 5) is 5.07. The van der Waals surface area contributed by atoms with E-state index in [1.165, 1.54) is 51.9 Å². The molecule has 0 aliphatic carbocycles. The zero-order chi connectivity index (χ0) is 12.0. The van der Waals surface area contributed by atoms with Gasteiger partial charge < -0.3 is 10.6 Å². The van der Waals surface area contributed by atoms with Crippen molar-refractivity contribution >= 4 is 0 Å². The third-order valence-electron chi connectivity index (χ3n) is 3.96. The average Bonchev–Trinajstić information content (AvgIpc) is 2.31. The summed E-state index contributed by atoms with van der Waals surface area (Å²) in [6.45, 7) is 10.1. The zero-order valence-corrected chi connectivity index (χ0v) is 11.3. The lowest BCUT2D eigenvalue weighted by molar-refractivity contribution is 0.0336. The van der Waals surface area contributed by atoms with Crippen LogP contribution in [0.3, 0.4) is 0 Å². The van der Waals surface area contributed by atoms with Gasteiger partial charge in [-0.15, -0.1) is 0 Å². The predicted octanol–water partition coefficient (Wildman–Crippen LogP) is 1.53. The highest BCUT2D eigenvalue weighted by molar-refractivity contribution is 4.95. The van der Waals surface area contributed by atoms with Gasteiger partial charge in [0.2, 0.25) is 0 Å². The molecule has 3 heteroatoms. The molecule has 0 saturated carbocycles. The number of hydrogen-bond donors (Lipinski definition) is 1. The Balaban J connectivity index is 2.67. The maximum absolute atomic E-state index is 6.08. The lowest BCUT2D eigenvalue weighted by Gasteiger charge is -2.48. The van der Waals surface area contributed by atoms with Crippen molar-refractivity contribution in [3.05, 3.63) is 0 Å². The van der Waals surface area contributed by atoms with Crippen LogP contribution in [0.25, 0.3) is 0 Å². The van der Waals surface area contributed by atoms with Gasteiger partial charge in [0.1, 0.15) is 0 Å². The fourth-order valence-electron chi connectivity index (χ4n) is 2.81. The minimum atomic E-state index is 0.290. The summed E-state index contributed by atoms with van der Waals surface area (Å²) in [7, 11) is 2.21. The highest BCUT2D eigenvalue weighted by Crippen LogP contribution is 2.28. The molecule has 0 spiro atoms. The van der Waals surface area contributed by atoms with Crippen LogP contribution >= 0.6 is 0 Å². The lowest BCUT2D eigenvalue weighted by atomic mass is 9.85. The first-order chi connectivity index (χ1) is 7.68. The lowest BCUT2D eigenvalue weighted by Crippen LogP contribution is -2.59. The minimum absolute atomic E-state index is 0.290. The first-order valence-corrected chi connectivity index (χ1v) is 6.82. The maximum Gasteiger partial charge on any atom is 0.0356 e. The van der Waals surface area contributed by atoms with E-state index in [0.29, 0.717) is 5.54 Å². The largest absolute Gasteiger partial charge is 0.329 e. The van der Waals surface area contributed by atoms with E-state index >= 15 is 0 Å². The molecule has 1 aliphatic heterocycles. The molecular formula is C13H29N3. The first kappa shape index (κ1) is 13.9. The van der Waals surface area contributed by atoms with E-state index in [0.717, 1.165) is 6.54 Å². The maximum atomic E-state index is 6.08. The smallest absolute Gasteiger partial charge is 0.0356 e. The Kier molecular flexibility index (Phi) is 5.73. The van der Waals surface area contributed by atoms with Crippen LogP contribution in [-0.2, 0) is 0 Å². The molecule has 1 heterocycles. The van der Waals surface area contributed by atoms with Crippen LogP contribution in [-0.4, -0.2) is 55.1 Å². The summed E-state index contributed by atoms with van der Waals surface area (Å²) in [5.74, 6) is 0. The molecule has 0 atom stereocenters. The Hall–Kier alpha value is -0.120. The van der Waals surface area contributed by atoms with Crippen LogP contribution in [0.4, 0.5) is 0 Å². The molecule has 1 fully saturated rings. The number of nitrogens with zero attached hydrogens (tertiary/aromatic N) is 2. The summed E-state index contributed by atoms with van der Waals surface area (Å²) in [5.41, 5.74) is 6.38. The first-order valence-electron chi connectivity index (χ1n) is 6.82. The Morgan fingerprint density at radius 2 is 1.62 bits per heavy atom. The molecule has 0 bridgehead atoms. The normalized spacial score (nSPS) is 21.6. The molecule has 96 valence electrons. The van der Waals surface area contributed by atoms with Crippen molar-refractivity contribution in [2.45, 2.75) is 45.1 Å². The van der Waals surface area contributed by atoms with Gasteiger partial charge in [-0.1, -0.05) is 13.8 Å². The molecule has 2 N–H and O–H groups in total. The van der Waals surface area contributed by atoms with E-state index in [1.807, 2.05) is 0 Å².